The molecule has 0 radical (unpaired) electrons. The zero-order chi connectivity index (χ0) is 14.0. The smallest absolute Gasteiger partial charge is 0.310 e. The maximum absolute atomic E-state index is 11.2. The Bertz CT molecular complexity index is 488. The van der Waals surface area contributed by atoms with Crippen molar-refractivity contribution in [3.8, 4) is 0 Å². The summed E-state index contributed by atoms with van der Waals surface area (Å²) in [6, 6.07) is 5.15. The zero-order valence-corrected chi connectivity index (χ0v) is 12.1. The number of rotatable bonds is 2. The molecule has 19 heavy (non-hydrogen) atoms. The summed E-state index contributed by atoms with van der Waals surface area (Å²) in [5.74, 6) is 0. The third kappa shape index (κ3) is 3.18. The summed E-state index contributed by atoms with van der Waals surface area (Å²) >= 11 is 5.97. The van der Waals surface area contributed by atoms with Gasteiger partial charge in [0.05, 0.1) is 4.92 Å². The Hall–Kier alpha value is -1.29. The normalized spacial score (nSPS) is 19.0. The predicted molar refractivity (Wildman–Crippen MR) is 78.0 cm³/mol. The van der Waals surface area contributed by atoms with Crippen LogP contribution < -0.4 is 4.90 Å². The van der Waals surface area contributed by atoms with Gasteiger partial charge in [0.1, 0.15) is 10.7 Å². The monoisotopic (exact) mass is 282 g/mol. The number of halogens is 1. The van der Waals surface area contributed by atoms with Gasteiger partial charge in [0.25, 0.3) is 0 Å². The van der Waals surface area contributed by atoms with Crippen LogP contribution in [0.3, 0.4) is 0 Å². The van der Waals surface area contributed by atoms with Crippen LogP contribution in [0.2, 0.25) is 5.02 Å². The minimum absolute atomic E-state index is 0.0314. The Morgan fingerprint density at radius 1 is 1.32 bits per heavy atom. The van der Waals surface area contributed by atoms with Crippen LogP contribution in [-0.2, 0) is 0 Å². The lowest BCUT2D eigenvalue weighted by atomic mass is 9.85. The molecule has 1 aliphatic heterocycles. The number of nitrogens with zero attached hydrogens (tertiary/aromatic N) is 2. The quantitative estimate of drug-likeness (QED) is 0.601. The van der Waals surface area contributed by atoms with Gasteiger partial charge in [-0.05, 0) is 36.8 Å². The lowest BCUT2D eigenvalue weighted by Gasteiger charge is -2.24. The van der Waals surface area contributed by atoms with E-state index in [4.69, 9.17) is 11.6 Å². The van der Waals surface area contributed by atoms with Crippen molar-refractivity contribution in [2.24, 2.45) is 5.41 Å². The summed E-state index contributed by atoms with van der Waals surface area (Å²) in [7, 11) is 0. The van der Waals surface area contributed by atoms with Gasteiger partial charge >= 0.3 is 5.69 Å². The Labute approximate surface area is 118 Å². The molecule has 0 unspecified atom stereocenters. The highest BCUT2D eigenvalue weighted by atomic mass is 35.5. The lowest BCUT2D eigenvalue weighted by molar-refractivity contribution is -0.384. The molecule has 0 aliphatic carbocycles. The second-order valence-corrected chi connectivity index (χ2v) is 6.28. The summed E-state index contributed by atoms with van der Waals surface area (Å²) in [6.45, 7) is 6.20. The highest BCUT2D eigenvalue weighted by Crippen LogP contribution is 2.38. The molecule has 1 aromatic rings. The van der Waals surface area contributed by atoms with E-state index in [1.165, 1.54) is 0 Å². The van der Waals surface area contributed by atoms with Crippen LogP contribution >= 0.6 is 11.6 Å². The summed E-state index contributed by atoms with van der Waals surface area (Å²) in [6.07, 6.45) is 3.24. The van der Waals surface area contributed by atoms with E-state index in [2.05, 4.69) is 18.7 Å². The highest BCUT2D eigenvalue weighted by Gasteiger charge is 2.27. The van der Waals surface area contributed by atoms with Gasteiger partial charge in [0.15, 0.2) is 0 Å². The number of benzene rings is 1. The van der Waals surface area contributed by atoms with Crippen LogP contribution in [0.15, 0.2) is 18.2 Å². The summed E-state index contributed by atoms with van der Waals surface area (Å²) in [5.41, 5.74) is 0.987. The summed E-state index contributed by atoms with van der Waals surface area (Å²) in [4.78, 5) is 12.9. The first-order chi connectivity index (χ1) is 8.91. The molecular weight excluding hydrogens is 264 g/mol. The fourth-order valence-electron chi connectivity index (χ4n) is 2.60. The van der Waals surface area contributed by atoms with Crippen LogP contribution in [0, 0.1) is 15.5 Å². The summed E-state index contributed by atoms with van der Waals surface area (Å²) < 4.78 is 0. The van der Waals surface area contributed by atoms with Gasteiger partial charge in [-0.25, -0.2) is 0 Å². The highest BCUT2D eigenvalue weighted by molar-refractivity contribution is 6.33. The summed E-state index contributed by atoms with van der Waals surface area (Å²) in [5, 5.41) is 11.4. The topological polar surface area (TPSA) is 46.4 Å². The fourth-order valence-corrected chi connectivity index (χ4v) is 2.84. The third-order valence-electron chi connectivity index (χ3n) is 3.83. The Morgan fingerprint density at radius 3 is 2.74 bits per heavy atom. The van der Waals surface area contributed by atoms with E-state index < -0.39 is 0 Å². The number of nitro groups is 1. The second-order valence-electron chi connectivity index (χ2n) is 5.87. The fraction of sp³-hybridized carbons (Fsp3) is 0.571. The first-order valence-electron chi connectivity index (χ1n) is 6.58. The molecule has 0 N–H and O–H groups in total. The number of anilines is 1. The van der Waals surface area contributed by atoms with E-state index in [0.29, 0.717) is 11.1 Å². The van der Waals surface area contributed by atoms with E-state index in [1.807, 2.05) is 0 Å². The van der Waals surface area contributed by atoms with Crippen molar-refractivity contribution >= 4 is 23.0 Å². The van der Waals surface area contributed by atoms with Crippen LogP contribution in [0.4, 0.5) is 11.4 Å². The Morgan fingerprint density at radius 2 is 2.05 bits per heavy atom. The molecule has 1 aromatic carbocycles. The van der Waals surface area contributed by atoms with Crippen LogP contribution in [0.25, 0.3) is 0 Å². The molecule has 1 heterocycles. The number of hydrogen-bond donors (Lipinski definition) is 0. The second kappa shape index (κ2) is 5.37. The van der Waals surface area contributed by atoms with Crippen molar-refractivity contribution in [1.29, 1.82) is 0 Å². The maximum Gasteiger partial charge on any atom is 0.310 e. The van der Waals surface area contributed by atoms with Crippen molar-refractivity contribution in [1.82, 2.24) is 0 Å². The van der Waals surface area contributed by atoms with E-state index in [1.54, 1.807) is 18.2 Å². The van der Waals surface area contributed by atoms with E-state index in [-0.39, 0.29) is 15.6 Å². The van der Waals surface area contributed by atoms with Crippen LogP contribution in [-0.4, -0.2) is 18.0 Å². The average molecular weight is 283 g/mol. The molecular formula is C14H19ClN2O2. The van der Waals surface area contributed by atoms with E-state index >= 15 is 0 Å². The standard InChI is InChI=1S/C14H19ClN2O2/c1-14(2)7-4-9-16(10-8-14)12-6-3-5-11(15)13(12)17(18)19/h3,5-6H,4,7-10H2,1-2H3. The van der Waals surface area contributed by atoms with Gasteiger partial charge in [-0.3, -0.25) is 10.1 Å². The zero-order valence-electron chi connectivity index (χ0n) is 11.4. The minimum Gasteiger partial charge on any atom is -0.366 e. The Kier molecular flexibility index (Phi) is 3.99. The maximum atomic E-state index is 11.2. The van der Waals surface area contributed by atoms with Gasteiger partial charge in [-0.1, -0.05) is 31.5 Å². The van der Waals surface area contributed by atoms with Gasteiger partial charge < -0.3 is 4.90 Å². The molecule has 5 heteroatoms. The first-order valence-corrected chi connectivity index (χ1v) is 6.96. The largest absolute Gasteiger partial charge is 0.366 e. The van der Waals surface area contributed by atoms with Crippen molar-refractivity contribution < 1.29 is 4.92 Å². The lowest BCUT2D eigenvalue weighted by Crippen LogP contribution is -2.25. The number of hydrogen-bond acceptors (Lipinski definition) is 3. The van der Waals surface area contributed by atoms with Crippen molar-refractivity contribution in [2.45, 2.75) is 33.1 Å². The van der Waals surface area contributed by atoms with Crippen molar-refractivity contribution in [3.63, 3.8) is 0 Å². The molecule has 0 amide bonds. The molecule has 2 rings (SSSR count). The van der Waals surface area contributed by atoms with Crippen molar-refractivity contribution in [3.05, 3.63) is 33.3 Å². The molecule has 0 atom stereocenters. The molecule has 0 spiro atoms. The molecule has 0 bridgehead atoms. The number of para-hydroxylation sites is 1. The minimum atomic E-state index is -0.381. The van der Waals surface area contributed by atoms with E-state index in [9.17, 15) is 10.1 Å². The third-order valence-corrected chi connectivity index (χ3v) is 4.13. The van der Waals surface area contributed by atoms with Gasteiger partial charge in [-0.15, -0.1) is 0 Å². The van der Waals surface area contributed by atoms with Crippen LogP contribution in [0.1, 0.15) is 33.1 Å². The van der Waals surface area contributed by atoms with Gasteiger partial charge in [-0.2, -0.15) is 0 Å². The van der Waals surface area contributed by atoms with E-state index in [0.717, 1.165) is 32.4 Å². The number of nitro benzene ring substituents is 1. The molecule has 104 valence electrons. The molecule has 0 aromatic heterocycles. The molecule has 1 fully saturated rings. The van der Waals surface area contributed by atoms with Crippen LogP contribution in [0.5, 0.6) is 0 Å². The molecule has 1 saturated heterocycles. The van der Waals surface area contributed by atoms with Crippen molar-refractivity contribution in [2.75, 3.05) is 18.0 Å². The van der Waals surface area contributed by atoms with Gasteiger partial charge in [0.2, 0.25) is 0 Å². The predicted octanol–water partition coefficient (Wildman–Crippen LogP) is 4.26. The Balaban J connectivity index is 2.32. The molecule has 0 saturated carbocycles. The van der Waals surface area contributed by atoms with Gasteiger partial charge in [0, 0.05) is 13.1 Å². The first kappa shape index (κ1) is 14.1. The SMILES string of the molecule is CC1(C)CCCN(c2cccc(Cl)c2[N+](=O)[O-])CC1. The molecule has 4 nitrogen and oxygen atoms in total. The molecule has 1 aliphatic rings. The average Bonchev–Trinajstić information content (AvgIpc) is 2.49.